The van der Waals surface area contributed by atoms with Crippen LogP contribution in [0.5, 0.6) is 0 Å². The normalized spacial score (nSPS) is 25.7. The zero-order chi connectivity index (χ0) is 45.6. The molecule has 0 radical (unpaired) electrons. The Bertz CT molecular complexity index is 2220. The van der Waals surface area contributed by atoms with Gasteiger partial charge in [0, 0.05) is 48.5 Å². The van der Waals surface area contributed by atoms with Crippen molar-refractivity contribution in [1.82, 2.24) is 20.6 Å². The van der Waals surface area contributed by atoms with E-state index in [1.54, 1.807) is 30.6 Å². The molecule has 64 heavy (non-hydrogen) atoms. The number of Topliss-reactive ketones (excluding diaryl/α,β-unsaturated/α-hetero) is 2. The van der Waals surface area contributed by atoms with Gasteiger partial charge in [-0.25, -0.2) is 14.8 Å². The maximum Gasteiger partial charge on any atom is 0.350 e. The molecule has 0 amide bonds. The molecule has 7 atom stereocenters. The summed E-state index contributed by atoms with van der Waals surface area (Å²) in [5.41, 5.74) is 5.72. The van der Waals surface area contributed by atoms with Crippen LogP contribution in [0.4, 0.5) is 11.6 Å². The van der Waals surface area contributed by atoms with Gasteiger partial charge in [0.2, 0.25) is 5.78 Å². The number of aromatic nitrogens is 2. The average Bonchev–Trinajstić information content (AvgIpc) is 3.99. The molecule has 2 aromatic heterocycles. The summed E-state index contributed by atoms with van der Waals surface area (Å²) in [5.74, 6) is -0.00116. The van der Waals surface area contributed by atoms with Gasteiger partial charge in [-0.05, 0) is 142 Å². The number of anilines is 2. The fourth-order valence-corrected chi connectivity index (χ4v) is 10.8. The number of aliphatic hydroxyl groups excluding tert-OH is 2. The maximum absolute atomic E-state index is 15.5. The number of hydrogen-bond donors (Lipinski definition) is 6. The Balaban J connectivity index is 1.25. The summed E-state index contributed by atoms with van der Waals surface area (Å²) in [7, 11) is 1.85. The van der Waals surface area contributed by atoms with Crippen LogP contribution in [0.3, 0.4) is 0 Å². The maximum atomic E-state index is 15.5. The van der Waals surface area contributed by atoms with E-state index in [1.807, 2.05) is 38.2 Å². The van der Waals surface area contributed by atoms with Gasteiger partial charge < -0.3 is 41.4 Å². The first-order chi connectivity index (χ1) is 30.8. The molecule has 2 fully saturated rings. The lowest BCUT2D eigenvalue weighted by Crippen LogP contribution is -2.54. The molecule has 1 aliphatic heterocycles. The first kappa shape index (κ1) is 47.2. The van der Waals surface area contributed by atoms with Gasteiger partial charge in [-0.2, -0.15) is 0 Å². The molecule has 1 saturated carbocycles. The minimum absolute atomic E-state index is 0.0459. The minimum Gasteiger partial charge on any atom is -0.459 e. The van der Waals surface area contributed by atoms with Gasteiger partial charge in [-0.3, -0.25) is 9.59 Å². The van der Waals surface area contributed by atoms with Crippen molar-refractivity contribution in [3.05, 3.63) is 106 Å². The summed E-state index contributed by atoms with van der Waals surface area (Å²) < 4.78 is 13.2. The summed E-state index contributed by atoms with van der Waals surface area (Å²) >= 11 is 0. The number of carbonyl (C=O) groups excluding carboxylic acids is 3. The fraction of sp³-hybridized carbons (Fsp3) is 0.549. The second kappa shape index (κ2) is 20.2. The lowest BCUT2D eigenvalue weighted by atomic mass is 9.66. The Hall–Kier alpha value is -4.79. The molecule has 1 aromatic carbocycles. The molecule has 1 saturated heterocycles. The highest BCUT2D eigenvalue weighted by Gasteiger charge is 2.86. The van der Waals surface area contributed by atoms with Gasteiger partial charge in [0.05, 0.1) is 13.3 Å². The molecule has 13 heteroatoms. The summed E-state index contributed by atoms with van der Waals surface area (Å²) in [5, 5.41) is 31.0. The highest BCUT2D eigenvalue weighted by molar-refractivity contribution is 6.33. The number of esters is 1. The van der Waals surface area contributed by atoms with E-state index in [4.69, 9.17) is 15.2 Å². The van der Waals surface area contributed by atoms with Crippen LogP contribution in [0.25, 0.3) is 0 Å². The fourth-order valence-electron chi connectivity index (χ4n) is 10.8. The zero-order valence-electron chi connectivity index (χ0n) is 38.3. The van der Waals surface area contributed by atoms with E-state index in [9.17, 15) is 10.2 Å². The highest BCUT2D eigenvalue weighted by atomic mass is 16.7. The number of nitrogens with one attached hydrogen (secondary N) is 3. The van der Waals surface area contributed by atoms with Crippen molar-refractivity contribution in [2.45, 2.75) is 122 Å². The van der Waals surface area contributed by atoms with E-state index < -0.39 is 46.9 Å². The largest absolute Gasteiger partial charge is 0.459 e. The Morgan fingerprint density at radius 1 is 1.08 bits per heavy atom. The predicted molar refractivity (Wildman–Crippen MR) is 248 cm³/mol. The average molecular weight is 877 g/mol. The molecule has 4 aliphatic rings. The van der Waals surface area contributed by atoms with Crippen LogP contribution in [0.2, 0.25) is 0 Å². The van der Waals surface area contributed by atoms with Crippen molar-refractivity contribution in [2.24, 2.45) is 23.2 Å². The minimum atomic E-state index is -2.26. The van der Waals surface area contributed by atoms with Gasteiger partial charge in [-0.15, -0.1) is 0 Å². The van der Waals surface area contributed by atoms with Gasteiger partial charge >= 0.3 is 5.97 Å². The molecule has 3 aromatic rings. The van der Waals surface area contributed by atoms with E-state index in [0.29, 0.717) is 74.0 Å². The zero-order valence-corrected chi connectivity index (χ0v) is 38.3. The number of aliphatic hydroxyl groups is 2. The number of epoxide rings is 1. The van der Waals surface area contributed by atoms with Crippen molar-refractivity contribution in [2.75, 3.05) is 44.5 Å². The number of carbonyl (C=O) groups is 3. The molecule has 7 rings (SSSR count). The van der Waals surface area contributed by atoms with Crippen LogP contribution in [0.1, 0.15) is 116 Å². The van der Waals surface area contributed by atoms with Crippen LogP contribution >= 0.6 is 0 Å². The van der Waals surface area contributed by atoms with Gasteiger partial charge in [0.1, 0.15) is 17.7 Å². The van der Waals surface area contributed by atoms with Crippen LogP contribution < -0.4 is 21.7 Å². The lowest BCUT2D eigenvalue weighted by molar-refractivity contribution is -0.159. The van der Waals surface area contributed by atoms with Crippen LogP contribution in [0, 0.1) is 23.2 Å². The number of benzene rings is 1. The van der Waals surface area contributed by atoms with Gasteiger partial charge in [0.25, 0.3) is 5.60 Å². The molecule has 0 spiro atoms. The second-order valence-corrected chi connectivity index (χ2v) is 19.2. The van der Waals surface area contributed by atoms with E-state index in [-0.39, 0.29) is 36.1 Å². The van der Waals surface area contributed by atoms with E-state index in [2.05, 4.69) is 58.8 Å². The standard InChI is InChI=1S/C51H68N6O7/c1-6-54-41-25-36-12-8-7-11-35(36)24-40(41)42(15-10-22-58)63-48(62)51-47(61)45-37(27-49(3,4)26-34-18-19-43(52)56-29-34)13-9-14-39(45)46(60)50(51,64-51)28-38(30-59)32(2)16-17-33-20-21-55-44(23-33)57-31-53-5/h8-9,12-14,18-21,23,29,35-36,40-42,53-54,58-59H,6-7,10-11,15-17,22,24-28,30-31H2,1-5H3,(H2,52,56)(H,55,57)/b38-32-/t35-,36-,40+,41+,42+,50+,51+/m1/s1. The topological polar surface area (TPSA) is 201 Å². The SMILES string of the molecule is CCN[C@H]1C[C@H]2C=CCC[C@@H]2C[C@@H]1[C@H](CCCO)OC(=O)[C@]12O[C@@]1(C/C(CO)=C(\C)CCc1ccnc(NCNC)c1)C(=O)c1cccc(CC(C)(C)Cc3ccc(N)nc3)c1C2=O. The van der Waals surface area contributed by atoms with Crippen LogP contribution in [-0.4, -0.2) is 94.5 Å². The molecule has 3 aliphatic carbocycles. The quantitative estimate of drug-likeness (QED) is 0.0228. The third-order valence-corrected chi connectivity index (χ3v) is 14.1. The Kier molecular flexibility index (Phi) is 14.9. The Morgan fingerprint density at radius 3 is 2.64 bits per heavy atom. The number of allylic oxidation sites excluding steroid dienone is 3. The smallest absolute Gasteiger partial charge is 0.350 e. The van der Waals surface area contributed by atoms with Crippen molar-refractivity contribution >= 4 is 29.2 Å². The summed E-state index contributed by atoms with van der Waals surface area (Å²) in [6.45, 7) is 8.99. The molecule has 13 nitrogen and oxygen atoms in total. The molecule has 7 N–H and O–H groups in total. The summed E-state index contributed by atoms with van der Waals surface area (Å²) in [4.78, 5) is 54.7. The van der Waals surface area contributed by atoms with Crippen molar-refractivity contribution < 1.29 is 34.1 Å². The van der Waals surface area contributed by atoms with Crippen LogP contribution in [-0.2, 0) is 33.5 Å². The molecule has 344 valence electrons. The van der Waals surface area contributed by atoms with E-state index in [1.165, 1.54) is 0 Å². The highest BCUT2D eigenvalue weighted by Crippen LogP contribution is 2.60. The van der Waals surface area contributed by atoms with Gasteiger partial charge in [-0.1, -0.05) is 62.8 Å². The summed E-state index contributed by atoms with van der Waals surface area (Å²) in [6, 6.07) is 12.9. The first-order valence-electron chi connectivity index (χ1n) is 23.3. The van der Waals surface area contributed by atoms with Gasteiger partial charge in [0.15, 0.2) is 11.4 Å². The summed E-state index contributed by atoms with van der Waals surface area (Å²) in [6.07, 6.45) is 14.1. The number of ether oxygens (including phenoxy) is 2. The number of hydrogen-bond acceptors (Lipinski definition) is 13. The molecule has 0 bridgehead atoms. The number of ketones is 2. The second-order valence-electron chi connectivity index (χ2n) is 19.2. The van der Waals surface area contributed by atoms with E-state index >= 15 is 14.4 Å². The third-order valence-electron chi connectivity index (χ3n) is 14.1. The lowest BCUT2D eigenvalue weighted by Gasteiger charge is -2.45. The number of aryl methyl sites for hydroxylation is 1. The number of fused-ring (bicyclic) bond motifs is 3. The number of rotatable bonds is 21. The van der Waals surface area contributed by atoms with Crippen molar-refractivity contribution in [3.63, 3.8) is 0 Å². The number of pyridine rings is 2. The molecular weight excluding hydrogens is 809 g/mol. The predicted octanol–water partition coefficient (Wildman–Crippen LogP) is 6.33. The number of nitrogens with two attached hydrogens (primary N) is 1. The number of nitrogen functional groups attached to an aromatic ring is 1. The third kappa shape index (κ3) is 9.74. The molecule has 3 heterocycles. The van der Waals surface area contributed by atoms with E-state index in [0.717, 1.165) is 54.7 Å². The molecule has 0 unspecified atom stereocenters. The van der Waals surface area contributed by atoms with Crippen molar-refractivity contribution in [1.29, 1.82) is 0 Å². The Morgan fingerprint density at radius 2 is 1.91 bits per heavy atom. The first-order valence-corrected chi connectivity index (χ1v) is 23.3. The Labute approximate surface area is 378 Å². The van der Waals surface area contributed by atoms with Crippen molar-refractivity contribution in [3.8, 4) is 0 Å². The monoisotopic (exact) mass is 877 g/mol. The number of nitrogens with zero attached hydrogens (tertiary/aromatic N) is 2. The molecular formula is C51H68N6O7. The van der Waals surface area contributed by atoms with Crippen LogP contribution in [0.15, 0.2) is 78.2 Å².